The predicted molar refractivity (Wildman–Crippen MR) is 119 cm³/mol. The Labute approximate surface area is 187 Å². The highest BCUT2D eigenvalue weighted by Gasteiger charge is 2.34. The number of amides is 1. The van der Waals surface area contributed by atoms with Crippen LogP contribution in [0.3, 0.4) is 0 Å². The monoisotopic (exact) mass is 450 g/mol. The Morgan fingerprint density at radius 2 is 1.65 bits per heavy atom. The van der Waals surface area contributed by atoms with Gasteiger partial charge in [-0.25, -0.2) is 0 Å². The highest BCUT2D eigenvalue weighted by atomic mass is 16.5. The average Bonchev–Trinajstić information content (AvgIpc) is 2.62. The van der Waals surface area contributed by atoms with Crippen LogP contribution in [0.4, 0.5) is 0 Å². The Hall–Kier alpha value is -0.810. The molecule has 8 N–H and O–H groups in total. The second-order valence-corrected chi connectivity index (χ2v) is 9.69. The summed E-state index contributed by atoms with van der Waals surface area (Å²) in [6.07, 6.45) is -3.17. The van der Waals surface area contributed by atoms with E-state index in [2.05, 4.69) is 19.2 Å². The maximum atomic E-state index is 12.3. The van der Waals surface area contributed by atoms with Gasteiger partial charge in [0.15, 0.2) is 0 Å². The summed E-state index contributed by atoms with van der Waals surface area (Å²) in [4.78, 5) is 12.3. The molecule has 1 aliphatic rings. The number of rotatable bonds is 8. The number of nitrogens with one attached hydrogen (secondary N) is 1. The van der Waals surface area contributed by atoms with Crippen molar-refractivity contribution in [3.8, 4) is 0 Å². The summed E-state index contributed by atoms with van der Waals surface area (Å²) >= 11 is 0. The van der Waals surface area contributed by atoms with Crippen molar-refractivity contribution in [2.45, 2.75) is 122 Å². The normalized spacial score (nSPS) is 27.7. The van der Waals surface area contributed by atoms with Crippen molar-refractivity contribution in [1.82, 2.24) is 5.32 Å². The Bertz CT molecular complexity index is 485. The molecule has 0 radical (unpaired) electrons. The number of hydrogen-bond donors (Lipinski definition) is 7. The van der Waals surface area contributed by atoms with Crippen LogP contribution >= 0.6 is 0 Å². The first-order chi connectivity index (χ1) is 14.3. The second-order valence-electron chi connectivity index (χ2n) is 9.69. The number of carbonyl (C=O) groups is 1. The van der Waals surface area contributed by atoms with Gasteiger partial charge in [0, 0.05) is 12.8 Å². The largest absolute Gasteiger partial charge is 0.391 e. The summed E-state index contributed by atoms with van der Waals surface area (Å²) in [6, 6.07) is -0.840. The third-order valence-corrected chi connectivity index (χ3v) is 4.84. The fraction of sp³-hybridized carbons (Fsp3) is 0.955. The molecule has 0 saturated heterocycles. The van der Waals surface area contributed by atoms with E-state index in [0.717, 1.165) is 0 Å². The van der Waals surface area contributed by atoms with Gasteiger partial charge in [0.1, 0.15) is 18.4 Å². The maximum absolute atomic E-state index is 12.3. The molecule has 0 aromatic carbocycles. The van der Waals surface area contributed by atoms with Crippen LogP contribution in [0.25, 0.3) is 0 Å². The van der Waals surface area contributed by atoms with Gasteiger partial charge in [-0.1, -0.05) is 53.9 Å². The van der Waals surface area contributed by atoms with Crippen LogP contribution in [0.15, 0.2) is 0 Å². The number of aliphatic hydroxyl groups is 5. The molecule has 1 aliphatic carbocycles. The van der Waals surface area contributed by atoms with E-state index in [1.54, 1.807) is 0 Å². The minimum Gasteiger partial charge on any atom is -0.391 e. The second kappa shape index (κ2) is 15.1. The number of hydrogen-bond acceptors (Lipinski definition) is 8. The lowest BCUT2D eigenvalue weighted by Crippen LogP contribution is -2.51. The van der Waals surface area contributed by atoms with Crippen molar-refractivity contribution in [3.05, 3.63) is 0 Å². The summed E-state index contributed by atoms with van der Waals surface area (Å²) in [5.41, 5.74) is 5.09. The minimum absolute atomic E-state index is 0.131. The highest BCUT2D eigenvalue weighted by molar-refractivity contribution is 5.76. The molecule has 0 aliphatic heterocycles. The van der Waals surface area contributed by atoms with Crippen molar-refractivity contribution in [2.75, 3.05) is 6.61 Å². The highest BCUT2D eigenvalue weighted by Crippen LogP contribution is 2.22. The molecule has 7 unspecified atom stereocenters. The van der Waals surface area contributed by atoms with E-state index in [9.17, 15) is 30.3 Å². The van der Waals surface area contributed by atoms with Gasteiger partial charge in [0.05, 0.1) is 31.0 Å². The zero-order chi connectivity index (χ0) is 24.2. The molecule has 1 rings (SSSR count). The first kappa shape index (κ1) is 30.2. The van der Waals surface area contributed by atoms with E-state index in [4.69, 9.17) is 10.5 Å². The molecule has 9 heteroatoms. The molecule has 0 bridgehead atoms. The van der Waals surface area contributed by atoms with E-state index < -0.39 is 42.8 Å². The molecule has 0 spiro atoms. The van der Waals surface area contributed by atoms with Crippen LogP contribution in [0.2, 0.25) is 0 Å². The molecular formula is C22H46N2O7. The lowest BCUT2D eigenvalue weighted by Gasteiger charge is -2.34. The average molecular weight is 451 g/mol. The van der Waals surface area contributed by atoms with Crippen LogP contribution in [0.5, 0.6) is 0 Å². The van der Waals surface area contributed by atoms with Crippen molar-refractivity contribution < 1.29 is 35.1 Å². The minimum atomic E-state index is -1.32. The van der Waals surface area contributed by atoms with Gasteiger partial charge in [0.25, 0.3) is 0 Å². The lowest BCUT2D eigenvalue weighted by atomic mass is 9.91. The SMILES string of the molecule is CC(C)(C)CC(=O)NC(COC1CCCCC(O)C(O)C1O)C(O)CC(N)O.CCC. The van der Waals surface area contributed by atoms with Crippen LogP contribution in [-0.4, -0.2) is 80.8 Å². The van der Waals surface area contributed by atoms with Crippen LogP contribution in [-0.2, 0) is 9.53 Å². The summed E-state index contributed by atoms with van der Waals surface area (Å²) < 4.78 is 5.73. The molecule has 1 amide bonds. The smallest absolute Gasteiger partial charge is 0.220 e. The molecule has 1 saturated carbocycles. The predicted octanol–water partition coefficient (Wildman–Crippen LogP) is 0.394. The van der Waals surface area contributed by atoms with Crippen molar-refractivity contribution in [1.29, 1.82) is 0 Å². The van der Waals surface area contributed by atoms with Gasteiger partial charge >= 0.3 is 0 Å². The van der Waals surface area contributed by atoms with Crippen LogP contribution in [0.1, 0.15) is 79.6 Å². The molecule has 31 heavy (non-hydrogen) atoms. The van der Waals surface area contributed by atoms with Gasteiger partial charge in [-0.2, -0.15) is 0 Å². The lowest BCUT2D eigenvalue weighted by molar-refractivity contribution is -0.141. The first-order valence-electron chi connectivity index (χ1n) is 11.4. The van der Waals surface area contributed by atoms with Gasteiger partial charge in [-0.15, -0.1) is 0 Å². The molecule has 7 atom stereocenters. The van der Waals surface area contributed by atoms with Crippen molar-refractivity contribution in [2.24, 2.45) is 11.1 Å². The number of carbonyl (C=O) groups excluding carboxylic acids is 1. The topological polar surface area (TPSA) is 166 Å². The van der Waals surface area contributed by atoms with Crippen LogP contribution < -0.4 is 11.1 Å². The fourth-order valence-electron chi connectivity index (χ4n) is 3.30. The maximum Gasteiger partial charge on any atom is 0.220 e. The first-order valence-corrected chi connectivity index (χ1v) is 11.4. The summed E-state index contributed by atoms with van der Waals surface area (Å²) in [7, 11) is 0. The Balaban J connectivity index is 0.00000282. The molecule has 0 aromatic rings. The molecule has 9 nitrogen and oxygen atoms in total. The van der Waals surface area contributed by atoms with Crippen LogP contribution in [0, 0.1) is 5.41 Å². The quantitative estimate of drug-likeness (QED) is 0.261. The molecular weight excluding hydrogens is 404 g/mol. The van der Waals surface area contributed by atoms with E-state index in [-0.39, 0.29) is 30.8 Å². The summed E-state index contributed by atoms with van der Waals surface area (Å²) in [6.45, 7) is 9.86. The Morgan fingerprint density at radius 1 is 1.10 bits per heavy atom. The summed E-state index contributed by atoms with van der Waals surface area (Å²) in [5.74, 6) is -0.277. The number of aliphatic hydroxyl groups excluding tert-OH is 5. The molecule has 0 heterocycles. The summed E-state index contributed by atoms with van der Waals surface area (Å²) in [5, 5.41) is 52.6. The Kier molecular flexibility index (Phi) is 14.7. The van der Waals surface area contributed by atoms with Gasteiger partial charge in [-0.3, -0.25) is 4.79 Å². The fourth-order valence-corrected chi connectivity index (χ4v) is 3.30. The van der Waals surface area contributed by atoms with E-state index in [1.807, 2.05) is 20.8 Å². The molecule has 0 aromatic heterocycles. The third kappa shape index (κ3) is 13.4. The van der Waals surface area contributed by atoms with Gasteiger partial charge < -0.3 is 41.3 Å². The van der Waals surface area contributed by atoms with E-state index in [0.29, 0.717) is 25.7 Å². The van der Waals surface area contributed by atoms with Gasteiger partial charge in [0.2, 0.25) is 5.91 Å². The van der Waals surface area contributed by atoms with Crippen molar-refractivity contribution in [3.63, 3.8) is 0 Å². The van der Waals surface area contributed by atoms with Gasteiger partial charge in [-0.05, 0) is 18.3 Å². The standard InChI is InChI=1S/C19H38N2O7.C3H8/c1-19(2,3)9-16(25)21-11(13(23)8-15(20)24)10-28-14-7-5-4-6-12(22)17(26)18(14)27;1-3-2/h11-15,17-18,22-24,26-27H,4-10,20H2,1-3H3,(H,21,25);3H2,1-2H3. The zero-order valence-electron chi connectivity index (χ0n) is 19.8. The number of nitrogens with two attached hydrogens (primary N) is 1. The Morgan fingerprint density at radius 3 is 2.16 bits per heavy atom. The molecule has 186 valence electrons. The van der Waals surface area contributed by atoms with E-state index >= 15 is 0 Å². The third-order valence-electron chi connectivity index (χ3n) is 4.84. The molecule has 1 fully saturated rings. The number of ether oxygens (including phenoxy) is 1. The van der Waals surface area contributed by atoms with E-state index in [1.165, 1.54) is 6.42 Å². The zero-order valence-corrected chi connectivity index (χ0v) is 19.8. The van der Waals surface area contributed by atoms with Crippen molar-refractivity contribution >= 4 is 5.91 Å².